The number of H-pyrrole nitrogens is 1. The van der Waals surface area contributed by atoms with Gasteiger partial charge in [0, 0.05) is 45.8 Å². The number of carbonyl (C=O) groups is 2. The summed E-state index contributed by atoms with van der Waals surface area (Å²) in [6, 6.07) is 14.0. The zero-order chi connectivity index (χ0) is 31.2. The number of fused-ring (bicyclic) bond motifs is 2. The van der Waals surface area contributed by atoms with Gasteiger partial charge in [0.15, 0.2) is 5.16 Å². The molecule has 0 saturated heterocycles. The molecule has 0 bridgehead atoms. The first kappa shape index (κ1) is 29.3. The summed E-state index contributed by atoms with van der Waals surface area (Å²) in [6.07, 6.45) is 6.82. The third-order valence-electron chi connectivity index (χ3n) is 8.21. The summed E-state index contributed by atoms with van der Waals surface area (Å²) in [5.41, 5.74) is 5.05. The summed E-state index contributed by atoms with van der Waals surface area (Å²) in [4.78, 5) is 61.1. The molecule has 2 aliphatic rings. The van der Waals surface area contributed by atoms with Gasteiger partial charge in [-0.1, -0.05) is 47.6 Å². The maximum absolute atomic E-state index is 13.2. The van der Waals surface area contributed by atoms with Gasteiger partial charge in [0.2, 0.25) is 0 Å². The number of hydrogen-bond donors (Lipinski definition) is 1. The van der Waals surface area contributed by atoms with Crippen molar-refractivity contribution in [3.63, 3.8) is 0 Å². The Morgan fingerprint density at radius 3 is 2.40 bits per heavy atom. The first-order valence-corrected chi connectivity index (χ1v) is 16.1. The topological polar surface area (TPSA) is 131 Å². The summed E-state index contributed by atoms with van der Waals surface area (Å²) in [5, 5.41) is 1.65. The maximum atomic E-state index is 13.2. The van der Waals surface area contributed by atoms with E-state index < -0.39 is 0 Å². The molecule has 45 heavy (non-hydrogen) atoms. The van der Waals surface area contributed by atoms with Crippen molar-refractivity contribution in [2.75, 3.05) is 12.9 Å². The van der Waals surface area contributed by atoms with Crippen LogP contribution >= 0.6 is 23.4 Å². The molecule has 226 valence electrons. The van der Waals surface area contributed by atoms with Crippen LogP contribution in [-0.4, -0.2) is 66.6 Å². The highest BCUT2D eigenvalue weighted by Crippen LogP contribution is 2.35. The highest BCUT2D eigenvalue weighted by molar-refractivity contribution is 7.98. The average Bonchev–Trinajstić information content (AvgIpc) is 3.27. The number of aryl methyl sites for hydroxylation is 1. The molecule has 7 rings (SSSR count). The van der Waals surface area contributed by atoms with Crippen LogP contribution in [0.15, 0.2) is 70.9 Å². The minimum Gasteiger partial charge on any atom is -0.378 e. The number of hydrogen-bond acceptors (Lipinski definition) is 9. The number of aromatic amines is 1. The zero-order valence-electron chi connectivity index (χ0n) is 24.4. The predicted octanol–water partition coefficient (Wildman–Crippen LogP) is 5.51. The molecule has 2 aromatic carbocycles. The van der Waals surface area contributed by atoms with Crippen LogP contribution in [-0.2, 0) is 11.2 Å². The average molecular weight is 639 g/mol. The van der Waals surface area contributed by atoms with Crippen LogP contribution in [0, 0.1) is 6.92 Å². The largest absolute Gasteiger partial charge is 0.378 e. The summed E-state index contributed by atoms with van der Waals surface area (Å²) < 4.78 is 6.14. The first-order valence-electron chi connectivity index (χ1n) is 14.5. The normalized spacial score (nSPS) is 17.5. The predicted molar refractivity (Wildman–Crippen MR) is 172 cm³/mol. The maximum Gasteiger partial charge on any atom is 0.261 e. The molecule has 1 fully saturated rings. The molecule has 1 N–H and O–H groups in total. The molecular weight excluding hydrogens is 612 g/mol. The van der Waals surface area contributed by atoms with Gasteiger partial charge < -0.3 is 9.72 Å². The van der Waals surface area contributed by atoms with Crippen molar-refractivity contribution in [2.45, 2.75) is 43.5 Å². The van der Waals surface area contributed by atoms with Gasteiger partial charge in [-0.05, 0) is 50.3 Å². The number of pyridine rings is 1. The van der Waals surface area contributed by atoms with E-state index in [9.17, 15) is 14.4 Å². The summed E-state index contributed by atoms with van der Waals surface area (Å²) in [7, 11) is 0. The van der Waals surface area contributed by atoms with Gasteiger partial charge in [0.1, 0.15) is 5.65 Å². The number of ether oxygens (including phenoxy) is 1. The van der Waals surface area contributed by atoms with Crippen molar-refractivity contribution < 1.29 is 14.3 Å². The Morgan fingerprint density at radius 2 is 1.71 bits per heavy atom. The molecule has 2 amide bonds. The fourth-order valence-electron chi connectivity index (χ4n) is 5.85. The quantitative estimate of drug-likeness (QED) is 0.133. The van der Waals surface area contributed by atoms with Gasteiger partial charge in [-0.3, -0.25) is 24.3 Å². The molecule has 0 atom stereocenters. The number of carbonyl (C=O) groups excluding carboxylic acids is 2. The minimum atomic E-state index is -0.311. The van der Waals surface area contributed by atoms with Gasteiger partial charge in [-0.2, -0.15) is 0 Å². The van der Waals surface area contributed by atoms with E-state index in [-0.39, 0.29) is 29.5 Å². The van der Waals surface area contributed by atoms with Gasteiger partial charge in [-0.25, -0.2) is 15.0 Å². The van der Waals surface area contributed by atoms with Crippen LogP contribution in [0.1, 0.15) is 44.9 Å². The van der Waals surface area contributed by atoms with E-state index in [0.717, 1.165) is 17.0 Å². The second kappa shape index (κ2) is 11.8. The Labute approximate surface area is 267 Å². The monoisotopic (exact) mass is 638 g/mol. The molecule has 1 aliphatic carbocycles. The number of rotatable bonds is 8. The summed E-state index contributed by atoms with van der Waals surface area (Å²) in [5.74, 6) is -0.473. The van der Waals surface area contributed by atoms with Crippen LogP contribution in [0.2, 0.25) is 5.02 Å². The molecule has 0 radical (unpaired) electrons. The fourth-order valence-corrected chi connectivity index (χ4v) is 6.52. The summed E-state index contributed by atoms with van der Waals surface area (Å²) >= 11 is 8.09. The van der Waals surface area contributed by atoms with E-state index in [2.05, 4.69) is 19.9 Å². The Hall–Kier alpha value is -4.45. The van der Waals surface area contributed by atoms with E-state index in [0.29, 0.717) is 75.0 Å². The fraction of sp³-hybridized carbons (Fsp3) is 0.242. The minimum absolute atomic E-state index is 0.0711. The standard InChI is InChI=1S/C33H27ClN6O4S/c1-17-15-35-16-28(36-17)18-7-8-21(26(34)11-18)24-14-25-27(37-33(45-2)39-29(25)38-30(24)41)9-10-44-20-12-19(13-20)40-31(42)22-5-3-4-6-23(22)32(40)43/h3-8,11,14-16,19-20H,9-10,12-13H2,1-2H3,(H,37,38,39,41). The van der Waals surface area contributed by atoms with Gasteiger partial charge >= 0.3 is 0 Å². The van der Waals surface area contributed by atoms with E-state index in [4.69, 9.17) is 21.3 Å². The lowest BCUT2D eigenvalue weighted by Crippen LogP contribution is -2.50. The molecule has 4 heterocycles. The van der Waals surface area contributed by atoms with Crippen molar-refractivity contribution in [1.29, 1.82) is 0 Å². The third-order valence-corrected chi connectivity index (χ3v) is 9.08. The molecule has 1 aliphatic heterocycles. The van der Waals surface area contributed by atoms with Crippen LogP contribution in [0.4, 0.5) is 0 Å². The number of nitrogens with one attached hydrogen (secondary N) is 1. The molecule has 0 spiro atoms. The Morgan fingerprint density at radius 1 is 0.956 bits per heavy atom. The molecule has 10 nitrogen and oxygen atoms in total. The number of benzene rings is 2. The Balaban J connectivity index is 1.08. The SMILES string of the molecule is CSc1nc(CCOC2CC(N3C(=O)c4ccccc4C3=O)C2)c2cc(-c3ccc(-c4cncc(C)n4)cc3Cl)c(=O)[nH]c2n1. The van der Waals surface area contributed by atoms with Crippen molar-refractivity contribution in [3.05, 3.63) is 98.8 Å². The number of thioether (sulfide) groups is 1. The molecule has 0 unspecified atom stereocenters. The molecule has 3 aromatic heterocycles. The van der Waals surface area contributed by atoms with Gasteiger partial charge in [0.05, 0.1) is 47.1 Å². The van der Waals surface area contributed by atoms with E-state index >= 15 is 0 Å². The van der Waals surface area contributed by atoms with Gasteiger partial charge in [-0.15, -0.1) is 0 Å². The van der Waals surface area contributed by atoms with Crippen LogP contribution < -0.4 is 5.56 Å². The van der Waals surface area contributed by atoms with Gasteiger partial charge in [0.25, 0.3) is 17.4 Å². The molecule has 12 heteroatoms. The Kier molecular flexibility index (Phi) is 7.68. The molecule has 5 aromatic rings. The van der Waals surface area contributed by atoms with Crippen LogP contribution in [0.5, 0.6) is 0 Å². The van der Waals surface area contributed by atoms with Crippen LogP contribution in [0.3, 0.4) is 0 Å². The van der Waals surface area contributed by atoms with Crippen molar-refractivity contribution in [3.8, 4) is 22.4 Å². The highest BCUT2D eigenvalue weighted by Gasteiger charge is 2.45. The summed E-state index contributed by atoms with van der Waals surface area (Å²) in [6.45, 7) is 2.25. The van der Waals surface area contributed by atoms with Crippen molar-refractivity contribution in [1.82, 2.24) is 29.8 Å². The smallest absolute Gasteiger partial charge is 0.261 e. The van der Waals surface area contributed by atoms with E-state index in [1.165, 1.54) is 16.7 Å². The number of aromatic nitrogens is 5. The lowest BCUT2D eigenvalue weighted by atomic mass is 9.88. The lowest BCUT2D eigenvalue weighted by molar-refractivity contribution is -0.0368. The third kappa shape index (κ3) is 5.41. The van der Waals surface area contributed by atoms with Crippen LogP contribution in [0.25, 0.3) is 33.4 Å². The zero-order valence-corrected chi connectivity index (χ0v) is 26.0. The second-order valence-corrected chi connectivity index (χ2v) is 12.2. The number of nitrogens with zero attached hydrogens (tertiary/aromatic N) is 5. The second-order valence-electron chi connectivity index (χ2n) is 11.1. The van der Waals surface area contributed by atoms with Crippen molar-refractivity contribution in [2.24, 2.45) is 0 Å². The molecular formula is C33H27ClN6O4S. The number of imide groups is 1. The number of amides is 2. The molecule has 1 saturated carbocycles. The van der Waals surface area contributed by atoms with E-state index in [1.54, 1.807) is 54.9 Å². The Bertz CT molecular complexity index is 2030. The van der Waals surface area contributed by atoms with E-state index in [1.807, 2.05) is 19.2 Å². The lowest BCUT2D eigenvalue weighted by Gasteiger charge is -2.39. The van der Waals surface area contributed by atoms with Crippen molar-refractivity contribution >= 4 is 46.2 Å². The number of halogens is 1. The first-order chi connectivity index (χ1) is 21.8. The highest BCUT2D eigenvalue weighted by atomic mass is 35.5.